The second-order valence-electron chi connectivity index (χ2n) is 6.87. The molecule has 2 aliphatic rings. The minimum Gasteiger partial charge on any atom is -0.378 e. The van der Waals surface area contributed by atoms with Crippen LogP contribution in [0, 0.1) is 0 Å². The first-order valence-corrected chi connectivity index (χ1v) is 9.94. The van der Waals surface area contributed by atoms with Crippen molar-refractivity contribution < 1.29 is 9.53 Å². The summed E-state index contributed by atoms with van der Waals surface area (Å²) in [4.78, 5) is 18.5. The van der Waals surface area contributed by atoms with E-state index in [1.807, 2.05) is 0 Å². The Morgan fingerprint density at radius 2 is 2.21 bits per heavy atom. The molecule has 5 nitrogen and oxygen atoms in total. The quantitative estimate of drug-likeness (QED) is 0.853. The van der Waals surface area contributed by atoms with E-state index >= 15 is 0 Å². The van der Waals surface area contributed by atoms with Crippen LogP contribution >= 0.6 is 11.3 Å². The Kier molecular flexibility index (Phi) is 6.66. The van der Waals surface area contributed by atoms with E-state index in [1.165, 1.54) is 11.3 Å². The number of carbonyl (C=O) groups is 1. The number of ether oxygens (including phenoxy) is 1. The minimum absolute atomic E-state index is 0.113. The molecule has 0 aromatic carbocycles. The molecule has 1 aromatic heterocycles. The van der Waals surface area contributed by atoms with Crippen LogP contribution in [-0.4, -0.2) is 68.2 Å². The van der Waals surface area contributed by atoms with Crippen LogP contribution in [0.4, 0.5) is 0 Å². The summed E-state index contributed by atoms with van der Waals surface area (Å²) in [6.07, 6.45) is 3.93. The number of rotatable bonds is 6. The van der Waals surface area contributed by atoms with Gasteiger partial charge < -0.3 is 15.0 Å². The van der Waals surface area contributed by atoms with Crippen LogP contribution in [-0.2, 0) is 9.53 Å². The first kappa shape index (κ1) is 17.9. The normalized spacial score (nSPS) is 24.6. The van der Waals surface area contributed by atoms with Crippen molar-refractivity contribution in [1.29, 1.82) is 0 Å². The van der Waals surface area contributed by atoms with Crippen LogP contribution in [0.2, 0.25) is 0 Å². The predicted molar refractivity (Wildman–Crippen MR) is 97.3 cm³/mol. The van der Waals surface area contributed by atoms with Crippen molar-refractivity contribution >= 4 is 17.2 Å². The SMILES string of the molecule is CN1CCN(C(CNC(=O)CC2CCCCO2)c2cccs2)CC1. The van der Waals surface area contributed by atoms with Gasteiger partial charge in [-0.2, -0.15) is 0 Å². The Morgan fingerprint density at radius 1 is 1.38 bits per heavy atom. The number of carbonyl (C=O) groups excluding carboxylic acids is 1. The van der Waals surface area contributed by atoms with Crippen LogP contribution in [0.3, 0.4) is 0 Å². The maximum atomic E-state index is 12.3. The molecular formula is C18H29N3O2S. The predicted octanol–water partition coefficient (Wildman–Crippen LogP) is 2.11. The molecule has 134 valence electrons. The van der Waals surface area contributed by atoms with Crippen molar-refractivity contribution in [1.82, 2.24) is 15.1 Å². The molecule has 24 heavy (non-hydrogen) atoms. The van der Waals surface area contributed by atoms with E-state index in [2.05, 4.69) is 39.7 Å². The number of likely N-dealkylation sites (N-methyl/N-ethyl adjacent to an activating group) is 1. The highest BCUT2D eigenvalue weighted by molar-refractivity contribution is 7.10. The summed E-state index contributed by atoms with van der Waals surface area (Å²) in [6.45, 7) is 5.78. The molecule has 2 saturated heterocycles. The van der Waals surface area contributed by atoms with Gasteiger partial charge in [0.15, 0.2) is 0 Å². The molecule has 0 bridgehead atoms. The standard InChI is InChI=1S/C18H29N3O2S/c1-20-7-9-21(10-8-20)16(17-6-4-12-24-17)14-19-18(22)13-15-5-2-3-11-23-15/h4,6,12,15-16H,2-3,5,7-11,13-14H2,1H3,(H,19,22). The van der Waals surface area contributed by atoms with E-state index in [0.717, 1.165) is 45.6 Å². The summed E-state index contributed by atoms with van der Waals surface area (Å²) in [6, 6.07) is 4.57. The monoisotopic (exact) mass is 351 g/mol. The number of hydrogen-bond acceptors (Lipinski definition) is 5. The lowest BCUT2D eigenvalue weighted by molar-refractivity contribution is -0.125. The lowest BCUT2D eigenvalue weighted by Gasteiger charge is -2.37. The molecular weight excluding hydrogens is 322 g/mol. The van der Waals surface area contributed by atoms with Gasteiger partial charge in [-0.25, -0.2) is 0 Å². The van der Waals surface area contributed by atoms with Gasteiger partial charge in [0, 0.05) is 44.2 Å². The summed E-state index contributed by atoms with van der Waals surface area (Å²) in [7, 11) is 2.17. The van der Waals surface area contributed by atoms with Crippen molar-refractivity contribution in [3.63, 3.8) is 0 Å². The van der Waals surface area contributed by atoms with E-state index < -0.39 is 0 Å². The number of amides is 1. The summed E-state index contributed by atoms with van der Waals surface area (Å²) < 4.78 is 5.68. The lowest BCUT2D eigenvalue weighted by Crippen LogP contribution is -2.48. The largest absolute Gasteiger partial charge is 0.378 e. The molecule has 2 fully saturated rings. The van der Waals surface area contributed by atoms with Crippen molar-refractivity contribution in [3.05, 3.63) is 22.4 Å². The van der Waals surface area contributed by atoms with E-state index in [4.69, 9.17) is 4.74 Å². The summed E-state index contributed by atoms with van der Waals surface area (Å²) in [5.74, 6) is 0.123. The van der Waals surface area contributed by atoms with Gasteiger partial charge in [-0.15, -0.1) is 11.3 Å². The maximum absolute atomic E-state index is 12.3. The topological polar surface area (TPSA) is 44.8 Å². The van der Waals surface area contributed by atoms with Crippen LogP contribution in [0.15, 0.2) is 17.5 Å². The molecule has 3 rings (SSSR count). The molecule has 2 aliphatic heterocycles. The van der Waals surface area contributed by atoms with Crippen LogP contribution < -0.4 is 5.32 Å². The Labute approximate surface area is 149 Å². The third-order valence-corrected chi connectivity index (χ3v) is 6.00. The molecule has 0 saturated carbocycles. The Bertz CT molecular complexity index is 494. The summed E-state index contributed by atoms with van der Waals surface area (Å²) in [5.41, 5.74) is 0. The zero-order chi connectivity index (χ0) is 16.8. The number of piperazine rings is 1. The van der Waals surface area contributed by atoms with Crippen molar-refractivity contribution in [2.24, 2.45) is 0 Å². The highest BCUT2D eigenvalue weighted by Crippen LogP contribution is 2.25. The van der Waals surface area contributed by atoms with Gasteiger partial charge in [-0.05, 0) is 37.8 Å². The molecule has 3 heterocycles. The maximum Gasteiger partial charge on any atom is 0.222 e. The summed E-state index contributed by atoms with van der Waals surface area (Å²) >= 11 is 1.78. The molecule has 1 amide bonds. The van der Waals surface area contributed by atoms with Gasteiger partial charge in [0.25, 0.3) is 0 Å². The third-order valence-electron chi connectivity index (χ3n) is 5.03. The average molecular weight is 352 g/mol. The number of thiophene rings is 1. The first-order chi connectivity index (χ1) is 11.7. The highest BCUT2D eigenvalue weighted by Gasteiger charge is 2.25. The van der Waals surface area contributed by atoms with Crippen LogP contribution in [0.5, 0.6) is 0 Å². The fourth-order valence-corrected chi connectivity index (χ4v) is 4.34. The van der Waals surface area contributed by atoms with Crippen LogP contribution in [0.25, 0.3) is 0 Å². The molecule has 2 unspecified atom stereocenters. The zero-order valence-electron chi connectivity index (χ0n) is 14.6. The van der Waals surface area contributed by atoms with E-state index in [-0.39, 0.29) is 18.1 Å². The van der Waals surface area contributed by atoms with E-state index in [0.29, 0.717) is 13.0 Å². The van der Waals surface area contributed by atoms with Gasteiger partial charge in [-0.3, -0.25) is 9.69 Å². The molecule has 0 radical (unpaired) electrons. The van der Waals surface area contributed by atoms with Crippen LogP contribution in [0.1, 0.15) is 36.6 Å². The molecule has 2 atom stereocenters. The molecule has 1 aromatic rings. The molecule has 6 heteroatoms. The Balaban J connectivity index is 1.53. The molecule has 1 N–H and O–H groups in total. The fraction of sp³-hybridized carbons (Fsp3) is 0.722. The number of nitrogens with one attached hydrogen (secondary N) is 1. The summed E-state index contributed by atoms with van der Waals surface area (Å²) in [5, 5.41) is 5.28. The lowest BCUT2D eigenvalue weighted by atomic mass is 10.1. The van der Waals surface area contributed by atoms with E-state index in [1.54, 1.807) is 11.3 Å². The third kappa shape index (κ3) is 5.02. The zero-order valence-corrected chi connectivity index (χ0v) is 15.4. The van der Waals surface area contributed by atoms with Gasteiger partial charge in [0.05, 0.1) is 18.6 Å². The first-order valence-electron chi connectivity index (χ1n) is 9.06. The van der Waals surface area contributed by atoms with Crippen molar-refractivity contribution in [2.75, 3.05) is 46.4 Å². The second-order valence-corrected chi connectivity index (χ2v) is 7.85. The Hall–Kier alpha value is -0.950. The van der Waals surface area contributed by atoms with E-state index in [9.17, 15) is 4.79 Å². The Morgan fingerprint density at radius 3 is 2.88 bits per heavy atom. The smallest absolute Gasteiger partial charge is 0.222 e. The molecule has 0 aliphatic carbocycles. The highest BCUT2D eigenvalue weighted by atomic mass is 32.1. The fourth-order valence-electron chi connectivity index (χ4n) is 3.48. The number of hydrogen-bond donors (Lipinski definition) is 1. The number of nitrogens with zero attached hydrogens (tertiary/aromatic N) is 2. The van der Waals surface area contributed by atoms with Gasteiger partial charge in [0.2, 0.25) is 5.91 Å². The van der Waals surface area contributed by atoms with Gasteiger partial charge >= 0.3 is 0 Å². The van der Waals surface area contributed by atoms with Crippen molar-refractivity contribution in [3.8, 4) is 0 Å². The van der Waals surface area contributed by atoms with Gasteiger partial charge in [0.1, 0.15) is 0 Å². The minimum atomic E-state index is 0.113. The van der Waals surface area contributed by atoms with Gasteiger partial charge in [-0.1, -0.05) is 6.07 Å². The molecule has 0 spiro atoms. The second kappa shape index (κ2) is 8.94. The van der Waals surface area contributed by atoms with Crippen molar-refractivity contribution in [2.45, 2.75) is 37.8 Å². The average Bonchev–Trinajstić information content (AvgIpc) is 3.12.